The molecule has 0 aliphatic heterocycles. The lowest BCUT2D eigenvalue weighted by Crippen LogP contribution is -2.42. The van der Waals surface area contributed by atoms with E-state index < -0.39 is 0 Å². The third-order valence-corrected chi connectivity index (χ3v) is 3.99. The number of aromatic nitrogens is 2. The Morgan fingerprint density at radius 1 is 1.20 bits per heavy atom. The molecule has 1 aliphatic rings. The van der Waals surface area contributed by atoms with Crippen LogP contribution in [-0.4, -0.2) is 28.3 Å². The van der Waals surface area contributed by atoms with Gasteiger partial charge in [0.05, 0.1) is 19.3 Å². The van der Waals surface area contributed by atoms with Crippen molar-refractivity contribution in [2.24, 2.45) is 4.99 Å². The van der Waals surface area contributed by atoms with Gasteiger partial charge in [0.15, 0.2) is 5.96 Å². The molecule has 0 amide bonds. The number of guanidine groups is 1. The zero-order valence-electron chi connectivity index (χ0n) is 14.6. The van der Waals surface area contributed by atoms with Crippen LogP contribution in [0.1, 0.15) is 30.9 Å². The molecule has 0 saturated heterocycles. The molecule has 2 N–H and O–H groups in total. The summed E-state index contributed by atoms with van der Waals surface area (Å²) in [5.41, 5.74) is 2.37. The van der Waals surface area contributed by atoms with Gasteiger partial charge < -0.3 is 10.6 Å². The molecular weight excluding hydrogens is 425 g/mol. The van der Waals surface area contributed by atoms with E-state index in [-0.39, 0.29) is 24.0 Å². The number of nitrogens with zero attached hydrogens (tertiary/aromatic N) is 3. The minimum Gasteiger partial charge on any atom is -0.357 e. The van der Waals surface area contributed by atoms with E-state index in [4.69, 9.17) is 0 Å². The second-order valence-corrected chi connectivity index (χ2v) is 6.01. The Morgan fingerprint density at radius 2 is 1.96 bits per heavy atom. The van der Waals surface area contributed by atoms with Gasteiger partial charge in [0, 0.05) is 24.3 Å². The summed E-state index contributed by atoms with van der Waals surface area (Å²) in [6, 6.07) is 10.8. The predicted octanol–water partition coefficient (Wildman–Crippen LogP) is 3.32. The minimum atomic E-state index is 0. The first kappa shape index (κ1) is 19.5. The highest BCUT2D eigenvalue weighted by molar-refractivity contribution is 14.0. The Hall–Kier alpha value is -1.83. The van der Waals surface area contributed by atoms with Gasteiger partial charge in [0.2, 0.25) is 0 Å². The SMILES string of the molecule is CCNC(=NCc1cnn(Cc2ccccc2)c1)NC1CC=CC1.I. The van der Waals surface area contributed by atoms with Crippen LogP contribution in [0.2, 0.25) is 0 Å². The largest absolute Gasteiger partial charge is 0.357 e. The Morgan fingerprint density at radius 3 is 2.68 bits per heavy atom. The molecule has 0 saturated carbocycles. The molecule has 0 radical (unpaired) electrons. The van der Waals surface area contributed by atoms with Crippen molar-refractivity contribution in [3.05, 3.63) is 66.0 Å². The summed E-state index contributed by atoms with van der Waals surface area (Å²) in [7, 11) is 0. The van der Waals surface area contributed by atoms with Crippen LogP contribution in [-0.2, 0) is 13.1 Å². The van der Waals surface area contributed by atoms with Crippen molar-refractivity contribution in [3.63, 3.8) is 0 Å². The molecule has 0 unspecified atom stereocenters. The first-order chi connectivity index (χ1) is 11.8. The van der Waals surface area contributed by atoms with Crippen molar-refractivity contribution >= 4 is 29.9 Å². The number of hydrogen-bond acceptors (Lipinski definition) is 2. The molecular formula is C19H26IN5. The van der Waals surface area contributed by atoms with Gasteiger partial charge in [-0.25, -0.2) is 4.99 Å². The zero-order valence-corrected chi connectivity index (χ0v) is 16.9. The van der Waals surface area contributed by atoms with E-state index in [9.17, 15) is 0 Å². The van der Waals surface area contributed by atoms with Crippen LogP contribution in [0.3, 0.4) is 0 Å². The molecule has 3 rings (SSSR count). The maximum atomic E-state index is 4.68. The van der Waals surface area contributed by atoms with Gasteiger partial charge in [-0.15, -0.1) is 24.0 Å². The van der Waals surface area contributed by atoms with E-state index in [2.05, 4.69) is 70.3 Å². The molecule has 0 spiro atoms. The van der Waals surface area contributed by atoms with Crippen molar-refractivity contribution in [1.82, 2.24) is 20.4 Å². The number of nitrogens with one attached hydrogen (secondary N) is 2. The van der Waals surface area contributed by atoms with Gasteiger partial charge in [-0.3, -0.25) is 4.68 Å². The third kappa shape index (κ3) is 6.19. The van der Waals surface area contributed by atoms with E-state index in [0.717, 1.165) is 37.5 Å². The fourth-order valence-electron chi connectivity index (χ4n) is 2.76. The second-order valence-electron chi connectivity index (χ2n) is 6.01. The van der Waals surface area contributed by atoms with Crippen LogP contribution >= 0.6 is 24.0 Å². The fraction of sp³-hybridized carbons (Fsp3) is 0.368. The number of halogens is 1. The molecule has 0 atom stereocenters. The lowest BCUT2D eigenvalue weighted by Gasteiger charge is -2.16. The van der Waals surface area contributed by atoms with Gasteiger partial charge in [-0.05, 0) is 25.3 Å². The molecule has 25 heavy (non-hydrogen) atoms. The Balaban J connectivity index is 0.00000225. The quantitative estimate of drug-likeness (QED) is 0.307. The number of benzene rings is 1. The first-order valence-corrected chi connectivity index (χ1v) is 8.58. The minimum absolute atomic E-state index is 0. The van der Waals surface area contributed by atoms with Crippen molar-refractivity contribution in [2.75, 3.05) is 6.54 Å². The van der Waals surface area contributed by atoms with Crippen LogP contribution in [0.4, 0.5) is 0 Å². The van der Waals surface area contributed by atoms with E-state index in [1.165, 1.54) is 5.56 Å². The van der Waals surface area contributed by atoms with E-state index in [0.29, 0.717) is 12.6 Å². The normalized spacial score (nSPS) is 14.4. The first-order valence-electron chi connectivity index (χ1n) is 8.58. The number of rotatable bonds is 6. The van der Waals surface area contributed by atoms with E-state index >= 15 is 0 Å². The molecule has 134 valence electrons. The van der Waals surface area contributed by atoms with Crippen molar-refractivity contribution in [1.29, 1.82) is 0 Å². The Labute approximate surface area is 166 Å². The lowest BCUT2D eigenvalue weighted by atomic mass is 10.2. The van der Waals surface area contributed by atoms with Crippen LogP contribution < -0.4 is 10.6 Å². The molecule has 2 aromatic rings. The van der Waals surface area contributed by atoms with Crippen molar-refractivity contribution < 1.29 is 0 Å². The maximum absolute atomic E-state index is 4.68. The highest BCUT2D eigenvalue weighted by Crippen LogP contribution is 2.09. The standard InChI is InChI=1S/C19H25N5.HI/c1-2-20-19(23-18-10-6-7-11-18)21-12-17-13-22-24(15-17)14-16-8-4-3-5-9-16;/h3-9,13,15,18H,2,10-12,14H2,1H3,(H2,20,21,23);1H. The number of hydrogen-bond donors (Lipinski definition) is 2. The number of aliphatic imine (C=N–C) groups is 1. The topological polar surface area (TPSA) is 54.2 Å². The third-order valence-electron chi connectivity index (χ3n) is 3.99. The Kier molecular flexibility index (Phi) is 7.97. The average Bonchev–Trinajstić information content (AvgIpc) is 3.26. The summed E-state index contributed by atoms with van der Waals surface area (Å²) in [6.45, 7) is 4.36. The van der Waals surface area contributed by atoms with E-state index in [1.807, 2.05) is 16.9 Å². The summed E-state index contributed by atoms with van der Waals surface area (Å²) >= 11 is 0. The fourth-order valence-corrected chi connectivity index (χ4v) is 2.76. The van der Waals surface area contributed by atoms with Crippen LogP contribution in [0.25, 0.3) is 0 Å². The second kappa shape index (κ2) is 10.2. The van der Waals surface area contributed by atoms with Crippen LogP contribution in [0, 0.1) is 0 Å². The van der Waals surface area contributed by atoms with Crippen molar-refractivity contribution in [3.8, 4) is 0 Å². The van der Waals surface area contributed by atoms with Crippen molar-refractivity contribution in [2.45, 2.75) is 38.9 Å². The van der Waals surface area contributed by atoms with Crippen LogP contribution in [0.15, 0.2) is 59.9 Å². The monoisotopic (exact) mass is 451 g/mol. The van der Waals surface area contributed by atoms with Gasteiger partial charge >= 0.3 is 0 Å². The maximum Gasteiger partial charge on any atom is 0.191 e. The summed E-state index contributed by atoms with van der Waals surface area (Å²) in [6.07, 6.45) is 10.5. The molecule has 0 bridgehead atoms. The summed E-state index contributed by atoms with van der Waals surface area (Å²) in [4.78, 5) is 4.68. The molecule has 0 fully saturated rings. The summed E-state index contributed by atoms with van der Waals surface area (Å²) in [5.74, 6) is 0.877. The highest BCUT2D eigenvalue weighted by Gasteiger charge is 2.11. The summed E-state index contributed by atoms with van der Waals surface area (Å²) < 4.78 is 1.96. The highest BCUT2D eigenvalue weighted by atomic mass is 127. The van der Waals surface area contributed by atoms with Crippen LogP contribution in [0.5, 0.6) is 0 Å². The van der Waals surface area contributed by atoms with Gasteiger partial charge in [0.1, 0.15) is 0 Å². The van der Waals surface area contributed by atoms with Gasteiger partial charge in [0.25, 0.3) is 0 Å². The van der Waals surface area contributed by atoms with E-state index in [1.54, 1.807) is 0 Å². The zero-order chi connectivity index (χ0) is 16.6. The molecule has 1 aliphatic carbocycles. The average molecular weight is 451 g/mol. The summed E-state index contributed by atoms with van der Waals surface area (Å²) in [5, 5.41) is 11.2. The lowest BCUT2D eigenvalue weighted by molar-refractivity contribution is 0.633. The Bertz CT molecular complexity index is 685. The molecule has 1 aromatic heterocycles. The smallest absolute Gasteiger partial charge is 0.191 e. The molecule has 1 heterocycles. The molecule has 5 nitrogen and oxygen atoms in total. The van der Waals surface area contributed by atoms with Gasteiger partial charge in [-0.2, -0.15) is 5.10 Å². The predicted molar refractivity (Wildman–Crippen MR) is 113 cm³/mol. The molecule has 6 heteroatoms. The van der Waals surface area contributed by atoms with Gasteiger partial charge in [-0.1, -0.05) is 42.5 Å². The molecule has 1 aromatic carbocycles.